The molecule has 3 rings (SSSR count). The molecule has 23 heavy (non-hydrogen) atoms. The van der Waals surface area contributed by atoms with Crippen molar-refractivity contribution in [3.63, 3.8) is 0 Å². The minimum absolute atomic E-state index is 0.259. The van der Waals surface area contributed by atoms with Crippen LogP contribution in [0.4, 0.5) is 0 Å². The number of rotatable bonds is 5. The molecule has 0 atom stereocenters. The molecule has 0 spiro atoms. The normalized spacial score (nSPS) is 10.9. The maximum absolute atomic E-state index is 8.59. The van der Waals surface area contributed by atoms with Crippen LogP contribution in [0.15, 0.2) is 53.6 Å². The van der Waals surface area contributed by atoms with Crippen molar-refractivity contribution in [1.29, 1.82) is 0 Å². The van der Waals surface area contributed by atoms with Crippen molar-refractivity contribution in [3.05, 3.63) is 75.9 Å². The summed E-state index contributed by atoms with van der Waals surface area (Å²) in [5.41, 5.74) is 13.1. The van der Waals surface area contributed by atoms with Gasteiger partial charge in [0.05, 0.1) is 17.6 Å². The summed E-state index contributed by atoms with van der Waals surface area (Å²) >= 11 is 0. The van der Waals surface area contributed by atoms with E-state index in [9.17, 15) is 0 Å². The Hall–Kier alpha value is -2.78. The Balaban J connectivity index is 1.98. The second-order valence-electron chi connectivity index (χ2n) is 5.89. The molecule has 0 aliphatic heterocycles. The highest BCUT2D eigenvalue weighted by atomic mass is 15.2. The second kappa shape index (κ2) is 6.55. The van der Waals surface area contributed by atoms with E-state index in [1.54, 1.807) is 0 Å². The highest BCUT2D eigenvalue weighted by Crippen LogP contribution is 2.20. The zero-order valence-electron chi connectivity index (χ0n) is 13.3. The van der Waals surface area contributed by atoms with Gasteiger partial charge in [-0.05, 0) is 34.7 Å². The molecule has 5 nitrogen and oxygen atoms in total. The first-order valence-electron chi connectivity index (χ1n) is 7.73. The van der Waals surface area contributed by atoms with Crippen LogP contribution in [0.2, 0.25) is 0 Å². The lowest BCUT2D eigenvalue weighted by Crippen LogP contribution is -2.04. The Morgan fingerprint density at radius 1 is 1.13 bits per heavy atom. The molecule has 0 fully saturated rings. The van der Waals surface area contributed by atoms with Crippen LogP contribution in [0, 0.1) is 0 Å². The molecule has 0 aliphatic carbocycles. The molecule has 0 saturated heterocycles. The van der Waals surface area contributed by atoms with Crippen LogP contribution in [-0.4, -0.2) is 9.55 Å². The molecule has 2 aromatic carbocycles. The van der Waals surface area contributed by atoms with Gasteiger partial charge in [0.2, 0.25) is 0 Å². The van der Waals surface area contributed by atoms with Gasteiger partial charge in [0, 0.05) is 11.5 Å². The number of para-hydroxylation sites is 2. The molecule has 1 heterocycles. The molecular weight excluding hydrogens is 286 g/mol. The highest BCUT2D eigenvalue weighted by Gasteiger charge is 2.10. The first-order valence-corrected chi connectivity index (χ1v) is 7.73. The standard InChI is InChI=1S/C18H19N5/c1-13(2)15-9-7-14(8-10-15)12-23-17-6-4-3-5-16(17)21-18(23)11-20-22-19/h3-10,13H,11-12H2,1-2H3. The summed E-state index contributed by atoms with van der Waals surface area (Å²) in [6.45, 7) is 5.36. The summed E-state index contributed by atoms with van der Waals surface area (Å²) in [4.78, 5) is 7.44. The van der Waals surface area contributed by atoms with E-state index in [0.717, 1.165) is 23.4 Å². The van der Waals surface area contributed by atoms with Gasteiger partial charge in [-0.15, -0.1) is 0 Å². The summed E-state index contributed by atoms with van der Waals surface area (Å²) < 4.78 is 2.12. The second-order valence-corrected chi connectivity index (χ2v) is 5.89. The molecule has 0 saturated carbocycles. The zero-order chi connectivity index (χ0) is 16.2. The van der Waals surface area contributed by atoms with Gasteiger partial charge in [-0.3, -0.25) is 0 Å². The maximum Gasteiger partial charge on any atom is 0.116 e. The van der Waals surface area contributed by atoms with E-state index in [0.29, 0.717) is 5.92 Å². The van der Waals surface area contributed by atoms with E-state index < -0.39 is 0 Å². The molecule has 116 valence electrons. The van der Waals surface area contributed by atoms with Gasteiger partial charge in [-0.1, -0.05) is 55.4 Å². The summed E-state index contributed by atoms with van der Waals surface area (Å²) in [6, 6.07) is 16.6. The summed E-state index contributed by atoms with van der Waals surface area (Å²) in [5.74, 6) is 1.32. The van der Waals surface area contributed by atoms with E-state index >= 15 is 0 Å². The Bertz CT molecular complexity index is 855. The number of imidazole rings is 1. The minimum Gasteiger partial charge on any atom is -0.323 e. The highest BCUT2D eigenvalue weighted by molar-refractivity contribution is 5.76. The largest absolute Gasteiger partial charge is 0.323 e. The number of aromatic nitrogens is 2. The number of benzene rings is 2. The molecule has 0 bridgehead atoms. The molecule has 1 aromatic heterocycles. The fourth-order valence-corrected chi connectivity index (χ4v) is 2.71. The number of azide groups is 1. The van der Waals surface area contributed by atoms with Crippen molar-refractivity contribution < 1.29 is 0 Å². The van der Waals surface area contributed by atoms with E-state index in [-0.39, 0.29) is 6.54 Å². The Morgan fingerprint density at radius 3 is 2.57 bits per heavy atom. The quantitative estimate of drug-likeness (QED) is 0.371. The predicted octanol–water partition coefficient (Wildman–Crippen LogP) is 5.02. The molecule has 0 amide bonds. The van der Waals surface area contributed by atoms with Gasteiger partial charge >= 0.3 is 0 Å². The van der Waals surface area contributed by atoms with Gasteiger partial charge in [-0.25, -0.2) is 4.98 Å². The van der Waals surface area contributed by atoms with Crippen molar-refractivity contribution in [2.45, 2.75) is 32.9 Å². The lowest BCUT2D eigenvalue weighted by molar-refractivity contribution is 0.741. The van der Waals surface area contributed by atoms with Crippen LogP contribution in [0.5, 0.6) is 0 Å². The maximum atomic E-state index is 8.59. The average molecular weight is 305 g/mol. The number of fused-ring (bicyclic) bond motifs is 1. The Labute approximate surface area is 135 Å². The fourth-order valence-electron chi connectivity index (χ4n) is 2.71. The topological polar surface area (TPSA) is 66.6 Å². The average Bonchev–Trinajstić information content (AvgIpc) is 2.91. The third-order valence-corrected chi connectivity index (χ3v) is 4.00. The fraction of sp³-hybridized carbons (Fsp3) is 0.278. The minimum atomic E-state index is 0.259. The molecule has 3 aromatic rings. The summed E-state index contributed by atoms with van der Waals surface area (Å²) in [6.07, 6.45) is 0. The van der Waals surface area contributed by atoms with Crippen LogP contribution in [0.25, 0.3) is 21.5 Å². The number of hydrogen-bond acceptors (Lipinski definition) is 2. The summed E-state index contributed by atoms with van der Waals surface area (Å²) in [5, 5.41) is 3.67. The van der Waals surface area contributed by atoms with Gasteiger partial charge in [0.1, 0.15) is 5.82 Å². The van der Waals surface area contributed by atoms with E-state index in [4.69, 9.17) is 5.53 Å². The van der Waals surface area contributed by atoms with Crippen molar-refractivity contribution in [2.75, 3.05) is 0 Å². The van der Waals surface area contributed by atoms with Crippen LogP contribution in [0.3, 0.4) is 0 Å². The molecular formula is C18H19N5. The molecule has 0 radical (unpaired) electrons. The van der Waals surface area contributed by atoms with Crippen molar-refractivity contribution in [1.82, 2.24) is 9.55 Å². The summed E-state index contributed by atoms with van der Waals surface area (Å²) in [7, 11) is 0. The zero-order valence-corrected chi connectivity index (χ0v) is 13.3. The van der Waals surface area contributed by atoms with Crippen LogP contribution < -0.4 is 0 Å². The molecule has 0 aliphatic rings. The Kier molecular flexibility index (Phi) is 4.31. The first kappa shape index (κ1) is 15.1. The van der Waals surface area contributed by atoms with Crippen molar-refractivity contribution in [2.24, 2.45) is 5.11 Å². The third-order valence-electron chi connectivity index (χ3n) is 4.00. The van der Waals surface area contributed by atoms with Gasteiger partial charge in [-0.2, -0.15) is 0 Å². The van der Waals surface area contributed by atoms with Crippen LogP contribution >= 0.6 is 0 Å². The third kappa shape index (κ3) is 3.20. The van der Waals surface area contributed by atoms with Gasteiger partial charge in [0.15, 0.2) is 0 Å². The van der Waals surface area contributed by atoms with Gasteiger partial charge < -0.3 is 4.57 Å². The molecule has 0 N–H and O–H groups in total. The van der Waals surface area contributed by atoms with E-state index in [1.165, 1.54) is 11.1 Å². The van der Waals surface area contributed by atoms with Crippen molar-refractivity contribution >= 4 is 11.0 Å². The number of nitrogens with zero attached hydrogens (tertiary/aromatic N) is 5. The Morgan fingerprint density at radius 2 is 1.87 bits per heavy atom. The van der Waals surface area contributed by atoms with E-state index in [1.807, 2.05) is 24.3 Å². The van der Waals surface area contributed by atoms with E-state index in [2.05, 4.69) is 57.7 Å². The lowest BCUT2D eigenvalue weighted by Gasteiger charge is -2.10. The molecule has 0 unspecified atom stereocenters. The SMILES string of the molecule is CC(C)c1ccc(Cn2c(CN=[N+]=[N-])nc3ccccc32)cc1. The smallest absolute Gasteiger partial charge is 0.116 e. The van der Waals surface area contributed by atoms with Gasteiger partial charge in [0.25, 0.3) is 0 Å². The van der Waals surface area contributed by atoms with Crippen LogP contribution in [0.1, 0.15) is 36.7 Å². The monoisotopic (exact) mass is 305 g/mol. The van der Waals surface area contributed by atoms with Crippen molar-refractivity contribution in [3.8, 4) is 0 Å². The van der Waals surface area contributed by atoms with Crippen LogP contribution in [-0.2, 0) is 13.1 Å². The lowest BCUT2D eigenvalue weighted by atomic mass is 10.0. The first-order chi connectivity index (χ1) is 11.2. The predicted molar refractivity (Wildman–Crippen MR) is 92.2 cm³/mol. The molecule has 5 heteroatoms. The number of hydrogen-bond donors (Lipinski definition) is 0.